The summed E-state index contributed by atoms with van der Waals surface area (Å²) >= 11 is 1.72. The van der Waals surface area contributed by atoms with Gasteiger partial charge in [0.25, 0.3) is 5.91 Å². The molecule has 2 aliphatic rings. The minimum absolute atomic E-state index is 0.104. The lowest BCUT2D eigenvalue weighted by atomic mass is 10.1. The van der Waals surface area contributed by atoms with Gasteiger partial charge in [0.15, 0.2) is 11.5 Å². The first-order chi connectivity index (χ1) is 12.3. The number of thiophene rings is 1. The summed E-state index contributed by atoms with van der Waals surface area (Å²) in [6, 6.07) is 9.60. The van der Waals surface area contributed by atoms with Crippen molar-refractivity contribution in [2.75, 3.05) is 39.6 Å². The number of carbonyl (C=O) groups is 1. The molecule has 2 aromatic rings. The predicted octanol–water partition coefficient (Wildman–Crippen LogP) is 2.28. The molecule has 0 radical (unpaired) electrons. The standard InChI is InChI=1S/C18H20N2O4S/c21-18(13-3-4-15-16(10-13)24-12-23-15)19-11-14(17-2-1-9-25-17)20-5-7-22-8-6-20/h1-4,9-10,14H,5-8,11-12H2,(H,19,21)/t14-/m0/s1. The predicted molar refractivity (Wildman–Crippen MR) is 94.4 cm³/mol. The Balaban J connectivity index is 1.44. The molecule has 0 bridgehead atoms. The molecule has 1 aromatic carbocycles. The van der Waals surface area contributed by atoms with Crippen molar-refractivity contribution in [2.45, 2.75) is 6.04 Å². The van der Waals surface area contributed by atoms with Gasteiger partial charge in [-0.3, -0.25) is 9.69 Å². The quantitative estimate of drug-likeness (QED) is 0.886. The van der Waals surface area contributed by atoms with Crippen molar-refractivity contribution in [1.82, 2.24) is 10.2 Å². The van der Waals surface area contributed by atoms with E-state index in [9.17, 15) is 4.79 Å². The summed E-state index contributed by atoms with van der Waals surface area (Å²) in [7, 11) is 0. The van der Waals surface area contributed by atoms with Crippen molar-refractivity contribution in [3.05, 3.63) is 46.2 Å². The van der Waals surface area contributed by atoms with E-state index in [0.29, 0.717) is 23.6 Å². The number of carbonyl (C=O) groups excluding carboxylic acids is 1. The molecule has 1 aromatic heterocycles. The van der Waals surface area contributed by atoms with E-state index in [-0.39, 0.29) is 18.7 Å². The molecule has 0 aliphatic carbocycles. The third-order valence-corrected chi connectivity index (χ3v) is 5.42. The van der Waals surface area contributed by atoms with E-state index in [1.54, 1.807) is 29.5 Å². The molecular weight excluding hydrogens is 340 g/mol. The van der Waals surface area contributed by atoms with E-state index in [2.05, 4.69) is 21.7 Å². The number of amides is 1. The molecule has 1 saturated heterocycles. The second-order valence-corrected chi connectivity index (χ2v) is 6.94. The van der Waals surface area contributed by atoms with Gasteiger partial charge >= 0.3 is 0 Å². The van der Waals surface area contributed by atoms with E-state index >= 15 is 0 Å². The van der Waals surface area contributed by atoms with Crippen LogP contribution in [0.2, 0.25) is 0 Å². The molecule has 7 heteroatoms. The number of hydrogen-bond donors (Lipinski definition) is 1. The van der Waals surface area contributed by atoms with Crippen LogP contribution in [0.4, 0.5) is 0 Å². The Hall–Kier alpha value is -2.09. The highest BCUT2D eigenvalue weighted by molar-refractivity contribution is 7.10. The molecule has 6 nitrogen and oxygen atoms in total. The minimum Gasteiger partial charge on any atom is -0.454 e. The highest BCUT2D eigenvalue weighted by atomic mass is 32.1. The highest BCUT2D eigenvalue weighted by Crippen LogP contribution is 2.32. The zero-order valence-electron chi connectivity index (χ0n) is 13.8. The maximum atomic E-state index is 12.6. The van der Waals surface area contributed by atoms with E-state index < -0.39 is 0 Å². The average molecular weight is 360 g/mol. The highest BCUT2D eigenvalue weighted by Gasteiger charge is 2.24. The SMILES string of the molecule is O=C(NC[C@@H](c1cccs1)N1CCOCC1)c1ccc2c(c1)OCO2. The zero-order valence-corrected chi connectivity index (χ0v) is 14.6. The van der Waals surface area contributed by atoms with Gasteiger partial charge in [0.1, 0.15) is 0 Å². The summed E-state index contributed by atoms with van der Waals surface area (Å²) in [5.41, 5.74) is 0.580. The van der Waals surface area contributed by atoms with Crippen molar-refractivity contribution >= 4 is 17.2 Å². The molecular formula is C18H20N2O4S. The van der Waals surface area contributed by atoms with Crippen LogP contribution < -0.4 is 14.8 Å². The summed E-state index contributed by atoms with van der Waals surface area (Å²) < 4.78 is 16.1. The lowest BCUT2D eigenvalue weighted by Gasteiger charge is -2.34. The summed E-state index contributed by atoms with van der Waals surface area (Å²) in [6.45, 7) is 3.99. The van der Waals surface area contributed by atoms with Crippen LogP contribution in [-0.4, -0.2) is 50.4 Å². The number of nitrogens with zero attached hydrogens (tertiary/aromatic N) is 1. The number of fused-ring (bicyclic) bond motifs is 1. The fourth-order valence-electron chi connectivity index (χ4n) is 3.11. The van der Waals surface area contributed by atoms with Gasteiger partial charge in [0.05, 0.1) is 19.3 Å². The Bertz CT molecular complexity index is 729. The van der Waals surface area contributed by atoms with Crippen LogP contribution in [0.1, 0.15) is 21.3 Å². The normalized spacial score (nSPS) is 18.1. The number of nitrogens with one attached hydrogen (secondary N) is 1. The lowest BCUT2D eigenvalue weighted by molar-refractivity contribution is 0.0169. The molecule has 1 fully saturated rings. The van der Waals surface area contributed by atoms with Gasteiger partial charge in [-0.15, -0.1) is 11.3 Å². The molecule has 1 N–H and O–H groups in total. The molecule has 0 unspecified atom stereocenters. The van der Waals surface area contributed by atoms with Crippen LogP contribution in [-0.2, 0) is 4.74 Å². The van der Waals surface area contributed by atoms with Gasteiger partial charge in [-0.05, 0) is 29.6 Å². The average Bonchev–Trinajstić information content (AvgIpc) is 3.34. The van der Waals surface area contributed by atoms with Crippen molar-refractivity contribution in [3.8, 4) is 11.5 Å². The van der Waals surface area contributed by atoms with Crippen LogP contribution in [0, 0.1) is 0 Å². The van der Waals surface area contributed by atoms with Crippen molar-refractivity contribution < 1.29 is 19.0 Å². The van der Waals surface area contributed by atoms with Gasteiger partial charge in [0.2, 0.25) is 6.79 Å². The Morgan fingerprint density at radius 3 is 2.84 bits per heavy atom. The number of rotatable bonds is 5. The third-order valence-electron chi connectivity index (χ3n) is 4.45. The fraction of sp³-hybridized carbons (Fsp3) is 0.389. The molecule has 2 aliphatic heterocycles. The topological polar surface area (TPSA) is 60.0 Å². The number of ether oxygens (including phenoxy) is 3. The van der Waals surface area contributed by atoms with Gasteiger partial charge in [-0.2, -0.15) is 0 Å². The fourth-order valence-corrected chi connectivity index (χ4v) is 3.97. The second kappa shape index (κ2) is 7.43. The van der Waals surface area contributed by atoms with E-state index in [0.717, 1.165) is 26.3 Å². The number of benzene rings is 1. The van der Waals surface area contributed by atoms with Crippen LogP contribution >= 0.6 is 11.3 Å². The minimum atomic E-state index is -0.104. The maximum Gasteiger partial charge on any atom is 0.251 e. The Morgan fingerprint density at radius 2 is 2.04 bits per heavy atom. The summed E-state index contributed by atoms with van der Waals surface area (Å²) in [4.78, 5) is 16.2. The second-order valence-electron chi connectivity index (χ2n) is 5.96. The number of morpholine rings is 1. The van der Waals surface area contributed by atoms with Crippen molar-refractivity contribution in [3.63, 3.8) is 0 Å². The van der Waals surface area contributed by atoms with E-state index in [1.807, 2.05) is 6.07 Å². The number of hydrogen-bond acceptors (Lipinski definition) is 6. The van der Waals surface area contributed by atoms with Crippen LogP contribution in [0.15, 0.2) is 35.7 Å². The van der Waals surface area contributed by atoms with Crippen LogP contribution in [0.25, 0.3) is 0 Å². The Labute approximate surface area is 150 Å². The molecule has 3 heterocycles. The summed E-state index contributed by atoms with van der Waals surface area (Å²) in [5, 5.41) is 5.14. The Morgan fingerprint density at radius 1 is 1.20 bits per heavy atom. The van der Waals surface area contributed by atoms with Crippen LogP contribution in [0.5, 0.6) is 11.5 Å². The van der Waals surface area contributed by atoms with E-state index in [1.165, 1.54) is 4.88 Å². The van der Waals surface area contributed by atoms with Gasteiger partial charge < -0.3 is 19.5 Å². The smallest absolute Gasteiger partial charge is 0.251 e. The molecule has 0 spiro atoms. The monoisotopic (exact) mass is 360 g/mol. The third kappa shape index (κ3) is 3.63. The first-order valence-electron chi connectivity index (χ1n) is 8.34. The van der Waals surface area contributed by atoms with Crippen LogP contribution in [0.3, 0.4) is 0 Å². The molecule has 1 amide bonds. The maximum absolute atomic E-state index is 12.6. The summed E-state index contributed by atoms with van der Waals surface area (Å²) in [6.07, 6.45) is 0. The first kappa shape index (κ1) is 16.4. The molecule has 4 rings (SSSR count). The van der Waals surface area contributed by atoms with Gasteiger partial charge in [-0.1, -0.05) is 6.07 Å². The van der Waals surface area contributed by atoms with Gasteiger partial charge in [0, 0.05) is 30.1 Å². The van der Waals surface area contributed by atoms with Gasteiger partial charge in [-0.25, -0.2) is 0 Å². The zero-order chi connectivity index (χ0) is 17.1. The Kier molecular flexibility index (Phi) is 4.87. The first-order valence-corrected chi connectivity index (χ1v) is 9.22. The van der Waals surface area contributed by atoms with Crippen molar-refractivity contribution in [1.29, 1.82) is 0 Å². The molecule has 25 heavy (non-hydrogen) atoms. The van der Waals surface area contributed by atoms with Crippen molar-refractivity contribution in [2.24, 2.45) is 0 Å². The molecule has 1 atom stereocenters. The largest absolute Gasteiger partial charge is 0.454 e. The summed E-state index contributed by atoms with van der Waals surface area (Å²) in [5.74, 6) is 1.20. The van der Waals surface area contributed by atoms with E-state index in [4.69, 9.17) is 14.2 Å². The molecule has 132 valence electrons. The molecule has 0 saturated carbocycles. The lowest BCUT2D eigenvalue weighted by Crippen LogP contribution is -2.43.